The fourth-order valence-corrected chi connectivity index (χ4v) is 2.72. The predicted octanol–water partition coefficient (Wildman–Crippen LogP) is 2.24. The first-order valence-electron chi connectivity index (χ1n) is 7.97. The molecule has 0 aliphatic carbocycles. The Morgan fingerprint density at radius 2 is 1.92 bits per heavy atom. The molecule has 2 aromatic carbocycles. The standard InChI is InChI=1S/C18H15N5O3/c24-17(25)15-10-16(23-18(19-15)20-21-22-23)13-6-8-14(9-7-13)26-11-12-4-2-1-3-5-12/h1-10,16H,11H2,(H,24,25)(H,19,20,22). The molecule has 1 unspecified atom stereocenters. The van der Waals surface area contributed by atoms with Gasteiger partial charge in [-0.3, -0.25) is 0 Å². The number of tetrazole rings is 1. The number of nitrogens with one attached hydrogen (secondary N) is 1. The van der Waals surface area contributed by atoms with Crippen molar-refractivity contribution in [2.75, 3.05) is 5.32 Å². The van der Waals surface area contributed by atoms with Gasteiger partial charge in [-0.1, -0.05) is 47.6 Å². The fourth-order valence-electron chi connectivity index (χ4n) is 2.72. The maximum atomic E-state index is 11.3. The minimum Gasteiger partial charge on any atom is -0.489 e. The van der Waals surface area contributed by atoms with E-state index in [1.165, 1.54) is 4.68 Å². The highest BCUT2D eigenvalue weighted by atomic mass is 16.5. The number of fused-ring (bicyclic) bond motifs is 1. The molecule has 8 nitrogen and oxygen atoms in total. The number of aromatic nitrogens is 4. The zero-order valence-corrected chi connectivity index (χ0v) is 13.6. The van der Waals surface area contributed by atoms with Crippen LogP contribution in [0, 0.1) is 0 Å². The first-order chi connectivity index (χ1) is 12.7. The molecule has 130 valence electrons. The monoisotopic (exact) mass is 349 g/mol. The maximum Gasteiger partial charge on any atom is 0.352 e. The number of carbonyl (C=O) groups is 1. The van der Waals surface area contributed by atoms with E-state index in [-0.39, 0.29) is 5.70 Å². The van der Waals surface area contributed by atoms with Gasteiger partial charge in [-0.25, -0.2) is 4.79 Å². The normalized spacial score (nSPS) is 15.5. The van der Waals surface area contributed by atoms with Crippen LogP contribution in [-0.4, -0.2) is 31.3 Å². The highest BCUT2D eigenvalue weighted by molar-refractivity contribution is 5.90. The predicted molar refractivity (Wildman–Crippen MR) is 92.5 cm³/mol. The van der Waals surface area contributed by atoms with Gasteiger partial charge in [0.15, 0.2) is 0 Å². The highest BCUT2D eigenvalue weighted by Crippen LogP contribution is 2.29. The van der Waals surface area contributed by atoms with E-state index in [0.717, 1.165) is 16.9 Å². The molecule has 8 heteroatoms. The Morgan fingerprint density at radius 3 is 2.65 bits per heavy atom. The van der Waals surface area contributed by atoms with Gasteiger partial charge < -0.3 is 15.2 Å². The minimum atomic E-state index is -1.06. The number of nitrogens with zero attached hydrogens (tertiary/aromatic N) is 4. The zero-order chi connectivity index (χ0) is 17.9. The quantitative estimate of drug-likeness (QED) is 0.728. The highest BCUT2D eigenvalue weighted by Gasteiger charge is 2.26. The van der Waals surface area contributed by atoms with Crippen molar-refractivity contribution < 1.29 is 14.6 Å². The van der Waals surface area contributed by atoms with Crippen molar-refractivity contribution in [3.05, 3.63) is 77.5 Å². The van der Waals surface area contributed by atoms with Crippen LogP contribution < -0.4 is 10.1 Å². The summed E-state index contributed by atoms with van der Waals surface area (Å²) in [7, 11) is 0. The van der Waals surface area contributed by atoms with Gasteiger partial charge in [-0.15, -0.1) is 0 Å². The summed E-state index contributed by atoms with van der Waals surface area (Å²) in [5.41, 5.74) is 1.98. The van der Waals surface area contributed by atoms with Crippen molar-refractivity contribution in [2.24, 2.45) is 0 Å². The molecule has 1 atom stereocenters. The van der Waals surface area contributed by atoms with E-state index in [1.54, 1.807) is 6.08 Å². The maximum absolute atomic E-state index is 11.3. The van der Waals surface area contributed by atoms with Gasteiger partial charge >= 0.3 is 5.97 Å². The molecular formula is C18H15N5O3. The number of hydrogen-bond acceptors (Lipinski definition) is 6. The summed E-state index contributed by atoms with van der Waals surface area (Å²) in [6.45, 7) is 0.480. The summed E-state index contributed by atoms with van der Waals surface area (Å²) >= 11 is 0. The number of carboxylic acid groups (broad SMARTS) is 1. The lowest BCUT2D eigenvalue weighted by atomic mass is 10.0. The Kier molecular flexibility index (Phi) is 4.06. The smallest absolute Gasteiger partial charge is 0.352 e. The van der Waals surface area contributed by atoms with Gasteiger partial charge in [0.25, 0.3) is 0 Å². The van der Waals surface area contributed by atoms with Crippen LogP contribution in [0.25, 0.3) is 0 Å². The molecule has 0 saturated heterocycles. The molecule has 1 aromatic heterocycles. The Hall–Kier alpha value is -3.68. The van der Waals surface area contributed by atoms with E-state index in [1.807, 2.05) is 54.6 Å². The first kappa shape index (κ1) is 15.8. The molecular weight excluding hydrogens is 334 g/mol. The molecule has 1 aliphatic heterocycles. The number of hydrogen-bond donors (Lipinski definition) is 2. The van der Waals surface area contributed by atoms with Crippen molar-refractivity contribution in [3.8, 4) is 5.75 Å². The molecule has 3 aromatic rings. The summed E-state index contributed by atoms with van der Waals surface area (Å²) in [4.78, 5) is 11.3. The van der Waals surface area contributed by atoms with Crippen LogP contribution in [0.3, 0.4) is 0 Å². The number of anilines is 1. The van der Waals surface area contributed by atoms with Crippen LogP contribution in [0.4, 0.5) is 5.95 Å². The topological polar surface area (TPSA) is 102 Å². The van der Waals surface area contributed by atoms with E-state index in [4.69, 9.17) is 4.74 Å². The second-order valence-corrected chi connectivity index (χ2v) is 5.75. The third-order valence-corrected chi connectivity index (χ3v) is 4.03. The molecule has 0 radical (unpaired) electrons. The largest absolute Gasteiger partial charge is 0.489 e. The third-order valence-electron chi connectivity index (χ3n) is 4.03. The summed E-state index contributed by atoms with van der Waals surface area (Å²) in [5.74, 6) is -0.0442. The van der Waals surface area contributed by atoms with Gasteiger partial charge in [-0.05, 0) is 39.8 Å². The zero-order valence-electron chi connectivity index (χ0n) is 13.6. The minimum absolute atomic E-state index is 0.0432. The molecule has 26 heavy (non-hydrogen) atoms. The molecule has 0 spiro atoms. The Labute approximate surface area is 148 Å². The average molecular weight is 349 g/mol. The van der Waals surface area contributed by atoms with E-state index in [9.17, 15) is 9.90 Å². The van der Waals surface area contributed by atoms with Crippen molar-refractivity contribution in [1.29, 1.82) is 0 Å². The van der Waals surface area contributed by atoms with Gasteiger partial charge in [0.2, 0.25) is 5.95 Å². The molecule has 0 fully saturated rings. The number of aliphatic carboxylic acids is 1. The van der Waals surface area contributed by atoms with E-state index in [0.29, 0.717) is 12.6 Å². The second-order valence-electron chi connectivity index (χ2n) is 5.75. The Bertz CT molecular complexity index is 950. The second kappa shape index (κ2) is 6.67. The molecule has 0 bridgehead atoms. The van der Waals surface area contributed by atoms with Crippen LogP contribution in [0.15, 0.2) is 66.4 Å². The summed E-state index contributed by atoms with van der Waals surface area (Å²) in [5, 5.41) is 23.3. The summed E-state index contributed by atoms with van der Waals surface area (Å²) < 4.78 is 7.31. The lowest BCUT2D eigenvalue weighted by molar-refractivity contribution is -0.132. The van der Waals surface area contributed by atoms with E-state index < -0.39 is 12.0 Å². The molecule has 4 rings (SSSR count). The van der Waals surface area contributed by atoms with Gasteiger partial charge in [0.05, 0.1) is 0 Å². The molecule has 2 N–H and O–H groups in total. The summed E-state index contributed by atoms with van der Waals surface area (Å²) in [6, 6.07) is 16.9. The van der Waals surface area contributed by atoms with Gasteiger partial charge in [-0.2, -0.15) is 4.68 Å². The third kappa shape index (κ3) is 3.12. The summed E-state index contributed by atoms with van der Waals surface area (Å²) in [6.07, 6.45) is 1.57. The average Bonchev–Trinajstić information content (AvgIpc) is 3.15. The van der Waals surface area contributed by atoms with Crippen LogP contribution >= 0.6 is 0 Å². The van der Waals surface area contributed by atoms with Crippen LogP contribution in [0.1, 0.15) is 17.2 Å². The lowest BCUT2D eigenvalue weighted by Crippen LogP contribution is -2.24. The number of carboxylic acids is 1. The van der Waals surface area contributed by atoms with Gasteiger partial charge in [0, 0.05) is 0 Å². The molecule has 2 heterocycles. The van der Waals surface area contributed by atoms with Crippen molar-refractivity contribution in [3.63, 3.8) is 0 Å². The van der Waals surface area contributed by atoms with Crippen molar-refractivity contribution in [2.45, 2.75) is 12.6 Å². The van der Waals surface area contributed by atoms with Crippen LogP contribution in [-0.2, 0) is 11.4 Å². The fraction of sp³-hybridized carbons (Fsp3) is 0.111. The Morgan fingerprint density at radius 1 is 1.15 bits per heavy atom. The first-order valence-corrected chi connectivity index (χ1v) is 7.97. The van der Waals surface area contributed by atoms with E-state index in [2.05, 4.69) is 20.8 Å². The molecule has 0 saturated carbocycles. The number of benzene rings is 2. The van der Waals surface area contributed by atoms with Crippen molar-refractivity contribution in [1.82, 2.24) is 20.2 Å². The molecule has 1 aliphatic rings. The number of rotatable bonds is 5. The SMILES string of the molecule is O=C(O)C1=CC(c2ccc(OCc3ccccc3)cc2)n2nnnc2N1. The van der Waals surface area contributed by atoms with Gasteiger partial charge in [0.1, 0.15) is 24.1 Å². The van der Waals surface area contributed by atoms with E-state index >= 15 is 0 Å². The number of ether oxygens (including phenoxy) is 1. The van der Waals surface area contributed by atoms with Crippen molar-refractivity contribution >= 4 is 11.9 Å². The number of allylic oxidation sites excluding steroid dienone is 1. The molecule has 0 amide bonds. The van der Waals surface area contributed by atoms with Crippen LogP contribution in [0.2, 0.25) is 0 Å². The van der Waals surface area contributed by atoms with Crippen LogP contribution in [0.5, 0.6) is 5.75 Å². The Balaban J connectivity index is 1.54. The lowest BCUT2D eigenvalue weighted by Gasteiger charge is -2.21.